The fourth-order valence-corrected chi connectivity index (χ4v) is 3.69. The van der Waals surface area contributed by atoms with Gasteiger partial charge in [-0.25, -0.2) is 0 Å². The van der Waals surface area contributed by atoms with Crippen LogP contribution in [0.2, 0.25) is 0 Å². The molecule has 0 aromatic heterocycles. The molecule has 1 aliphatic heterocycles. The first-order valence-corrected chi connectivity index (χ1v) is 6.34. The van der Waals surface area contributed by atoms with Gasteiger partial charge in [0.05, 0.1) is 6.61 Å². The van der Waals surface area contributed by atoms with Gasteiger partial charge in [-0.3, -0.25) is 4.57 Å². The monoisotopic (exact) mass is 176 g/mol. The van der Waals surface area contributed by atoms with Gasteiger partial charge in [0.1, 0.15) is 0 Å². The molecule has 0 amide bonds. The summed E-state index contributed by atoms with van der Waals surface area (Å²) in [6.07, 6.45) is 3.82. The van der Waals surface area contributed by atoms with Crippen molar-refractivity contribution in [1.29, 1.82) is 0 Å². The van der Waals surface area contributed by atoms with E-state index in [1.54, 1.807) is 0 Å². The topological polar surface area (TPSA) is 26.3 Å². The largest absolute Gasteiger partial charge is 0.328 e. The highest BCUT2D eigenvalue weighted by atomic mass is 31.2. The van der Waals surface area contributed by atoms with Crippen LogP contribution in [0.3, 0.4) is 0 Å². The highest BCUT2D eigenvalue weighted by Gasteiger charge is 2.27. The van der Waals surface area contributed by atoms with Gasteiger partial charge in [0.25, 0.3) is 0 Å². The van der Waals surface area contributed by atoms with Crippen LogP contribution < -0.4 is 0 Å². The molecular weight excluding hydrogens is 159 g/mol. The summed E-state index contributed by atoms with van der Waals surface area (Å²) in [5.41, 5.74) is 0. The third kappa shape index (κ3) is 2.96. The standard InChI is InChI=1S/C8H17O2P/c1-8(2)7-10-11(9)5-3-4-6-11/h8H,3-7H2,1-2H3. The van der Waals surface area contributed by atoms with Gasteiger partial charge in [-0.15, -0.1) is 0 Å². The fraction of sp³-hybridized carbons (Fsp3) is 1.00. The molecule has 1 saturated heterocycles. The molecule has 0 saturated carbocycles. The van der Waals surface area contributed by atoms with E-state index in [4.69, 9.17) is 4.52 Å². The Morgan fingerprint density at radius 1 is 1.36 bits per heavy atom. The molecule has 0 bridgehead atoms. The summed E-state index contributed by atoms with van der Waals surface area (Å²) in [5, 5.41) is 0. The van der Waals surface area contributed by atoms with E-state index in [-0.39, 0.29) is 0 Å². The fourth-order valence-electron chi connectivity index (χ4n) is 1.23. The van der Waals surface area contributed by atoms with E-state index in [0.29, 0.717) is 12.5 Å². The zero-order chi connectivity index (χ0) is 8.32. The smallest absolute Gasteiger partial charge is 0.203 e. The first-order valence-electron chi connectivity index (χ1n) is 4.35. The maximum absolute atomic E-state index is 11.7. The maximum atomic E-state index is 11.7. The maximum Gasteiger partial charge on any atom is 0.203 e. The molecule has 1 fully saturated rings. The minimum absolute atomic E-state index is 0.501. The quantitative estimate of drug-likeness (QED) is 0.618. The van der Waals surface area contributed by atoms with E-state index in [9.17, 15) is 4.57 Å². The molecule has 0 aromatic carbocycles. The Labute approximate surface area is 68.8 Å². The first-order chi connectivity index (χ1) is 5.12. The van der Waals surface area contributed by atoms with Crippen molar-refractivity contribution in [1.82, 2.24) is 0 Å². The van der Waals surface area contributed by atoms with Crippen LogP contribution in [-0.2, 0) is 9.09 Å². The Balaban J connectivity index is 2.29. The lowest BCUT2D eigenvalue weighted by molar-refractivity contribution is 0.273. The van der Waals surface area contributed by atoms with Crippen LogP contribution in [0.4, 0.5) is 0 Å². The predicted octanol–water partition coefficient (Wildman–Crippen LogP) is 2.73. The molecule has 11 heavy (non-hydrogen) atoms. The Hall–Kier alpha value is 0.190. The molecule has 0 aliphatic carbocycles. The van der Waals surface area contributed by atoms with E-state index >= 15 is 0 Å². The summed E-state index contributed by atoms with van der Waals surface area (Å²) in [4.78, 5) is 0. The molecule has 1 heterocycles. The number of hydrogen-bond acceptors (Lipinski definition) is 2. The van der Waals surface area contributed by atoms with Crippen LogP contribution in [0.15, 0.2) is 0 Å². The average Bonchev–Trinajstić information content (AvgIpc) is 2.33. The minimum Gasteiger partial charge on any atom is -0.328 e. The molecule has 0 atom stereocenters. The van der Waals surface area contributed by atoms with Crippen LogP contribution in [0.25, 0.3) is 0 Å². The van der Waals surface area contributed by atoms with Crippen LogP contribution >= 0.6 is 7.37 Å². The summed E-state index contributed by atoms with van der Waals surface area (Å²) in [6, 6.07) is 0. The molecular formula is C8H17O2P. The Morgan fingerprint density at radius 2 is 1.91 bits per heavy atom. The van der Waals surface area contributed by atoms with Crippen molar-refractivity contribution in [2.24, 2.45) is 5.92 Å². The summed E-state index contributed by atoms with van der Waals surface area (Å²) < 4.78 is 17.1. The highest BCUT2D eigenvalue weighted by molar-refractivity contribution is 7.59. The molecule has 3 heteroatoms. The Bertz CT molecular complexity index is 155. The molecule has 1 rings (SSSR count). The van der Waals surface area contributed by atoms with E-state index < -0.39 is 7.37 Å². The molecule has 0 spiro atoms. The van der Waals surface area contributed by atoms with Gasteiger partial charge in [-0.1, -0.05) is 13.8 Å². The molecule has 66 valence electrons. The van der Waals surface area contributed by atoms with Crippen molar-refractivity contribution in [3.05, 3.63) is 0 Å². The van der Waals surface area contributed by atoms with Crippen molar-refractivity contribution < 1.29 is 9.09 Å². The summed E-state index contributed by atoms with van der Waals surface area (Å²) in [5.74, 6) is 0.501. The van der Waals surface area contributed by atoms with E-state index in [2.05, 4.69) is 13.8 Å². The predicted molar refractivity (Wildman–Crippen MR) is 47.4 cm³/mol. The second-order valence-corrected chi connectivity index (χ2v) is 6.44. The second-order valence-electron chi connectivity index (χ2n) is 3.66. The third-order valence-corrected chi connectivity index (χ3v) is 4.51. The zero-order valence-corrected chi connectivity index (χ0v) is 8.27. The molecule has 0 unspecified atom stereocenters. The highest BCUT2D eigenvalue weighted by Crippen LogP contribution is 2.53. The van der Waals surface area contributed by atoms with Gasteiger partial charge < -0.3 is 4.52 Å². The summed E-state index contributed by atoms with van der Waals surface area (Å²) >= 11 is 0. The third-order valence-electron chi connectivity index (χ3n) is 1.89. The van der Waals surface area contributed by atoms with Crippen molar-refractivity contribution in [3.63, 3.8) is 0 Å². The lowest BCUT2D eigenvalue weighted by Crippen LogP contribution is -2.01. The summed E-state index contributed by atoms with van der Waals surface area (Å²) in [7, 11) is -2.12. The SMILES string of the molecule is CC(C)COP1(=O)CCCC1. The first kappa shape index (κ1) is 9.28. The minimum atomic E-state index is -2.12. The second kappa shape index (κ2) is 3.73. The lowest BCUT2D eigenvalue weighted by Gasteiger charge is -2.13. The number of rotatable bonds is 3. The molecule has 0 aromatic rings. The normalized spacial score (nSPS) is 22.8. The van der Waals surface area contributed by atoms with Crippen molar-refractivity contribution in [2.75, 3.05) is 18.9 Å². The van der Waals surface area contributed by atoms with Crippen LogP contribution in [0.1, 0.15) is 26.7 Å². The van der Waals surface area contributed by atoms with Gasteiger partial charge >= 0.3 is 0 Å². The van der Waals surface area contributed by atoms with E-state index in [0.717, 1.165) is 25.2 Å². The van der Waals surface area contributed by atoms with Crippen molar-refractivity contribution >= 4 is 7.37 Å². The van der Waals surface area contributed by atoms with Crippen LogP contribution in [-0.4, -0.2) is 18.9 Å². The van der Waals surface area contributed by atoms with Crippen LogP contribution in [0.5, 0.6) is 0 Å². The Morgan fingerprint density at radius 3 is 2.36 bits per heavy atom. The van der Waals surface area contributed by atoms with Gasteiger partial charge in [0.2, 0.25) is 7.37 Å². The Kier molecular flexibility index (Phi) is 3.15. The van der Waals surface area contributed by atoms with Gasteiger partial charge in [0.15, 0.2) is 0 Å². The summed E-state index contributed by atoms with van der Waals surface area (Å²) in [6.45, 7) is 4.84. The van der Waals surface area contributed by atoms with E-state index in [1.165, 1.54) is 0 Å². The molecule has 1 aliphatic rings. The van der Waals surface area contributed by atoms with E-state index in [1.807, 2.05) is 0 Å². The van der Waals surface area contributed by atoms with Crippen molar-refractivity contribution in [3.8, 4) is 0 Å². The zero-order valence-electron chi connectivity index (χ0n) is 7.38. The van der Waals surface area contributed by atoms with Crippen LogP contribution in [0, 0.1) is 5.92 Å². The van der Waals surface area contributed by atoms with Gasteiger partial charge in [-0.05, 0) is 18.8 Å². The van der Waals surface area contributed by atoms with Gasteiger partial charge in [-0.2, -0.15) is 0 Å². The molecule has 0 radical (unpaired) electrons. The molecule has 0 N–H and O–H groups in total. The lowest BCUT2D eigenvalue weighted by atomic mass is 10.2. The van der Waals surface area contributed by atoms with Crippen molar-refractivity contribution in [2.45, 2.75) is 26.7 Å². The number of hydrogen-bond donors (Lipinski definition) is 0. The van der Waals surface area contributed by atoms with Gasteiger partial charge in [0, 0.05) is 12.3 Å². The molecule has 2 nitrogen and oxygen atoms in total. The average molecular weight is 176 g/mol.